The van der Waals surface area contributed by atoms with Crippen LogP contribution in [0.5, 0.6) is 0 Å². The average molecular weight is 245 g/mol. The molecule has 2 aromatic heterocycles. The molecule has 1 aliphatic carbocycles. The molecule has 0 spiro atoms. The molecule has 2 aromatic rings. The Hall–Kier alpha value is -1.69. The third-order valence-corrected chi connectivity index (χ3v) is 4.32. The summed E-state index contributed by atoms with van der Waals surface area (Å²) in [5.41, 5.74) is 0.798. The molecular formula is C12H15N5O. The van der Waals surface area contributed by atoms with Gasteiger partial charge >= 0.3 is 0 Å². The molecule has 2 fully saturated rings. The van der Waals surface area contributed by atoms with Gasteiger partial charge in [-0.2, -0.15) is 0 Å². The van der Waals surface area contributed by atoms with Crippen LogP contribution in [0.4, 0.5) is 5.82 Å². The average Bonchev–Trinajstić information content (AvgIpc) is 3.06. The van der Waals surface area contributed by atoms with Crippen molar-refractivity contribution in [2.45, 2.75) is 18.9 Å². The highest BCUT2D eigenvalue weighted by Gasteiger charge is 2.42. The molecule has 2 aliphatic rings. The second kappa shape index (κ2) is 3.65. The largest absolute Gasteiger partial charge is 0.393 e. The number of hydrogen-bond donors (Lipinski definition) is 1. The van der Waals surface area contributed by atoms with Crippen molar-refractivity contribution in [1.29, 1.82) is 0 Å². The zero-order valence-electron chi connectivity index (χ0n) is 9.98. The molecule has 1 N–H and O–H groups in total. The topological polar surface area (TPSA) is 66.5 Å². The predicted molar refractivity (Wildman–Crippen MR) is 65.2 cm³/mol. The minimum atomic E-state index is -0.141. The summed E-state index contributed by atoms with van der Waals surface area (Å²) in [5, 5.41) is 18.0. The van der Waals surface area contributed by atoms with Gasteiger partial charge in [0, 0.05) is 31.4 Å². The SMILES string of the molecule is OC1CCC2CN(c3nccn4cnnc34)CC12. The van der Waals surface area contributed by atoms with Crippen LogP contribution in [0.25, 0.3) is 5.65 Å². The maximum Gasteiger partial charge on any atom is 0.203 e. The maximum absolute atomic E-state index is 9.96. The van der Waals surface area contributed by atoms with Crippen molar-refractivity contribution in [3.63, 3.8) is 0 Å². The van der Waals surface area contributed by atoms with Crippen molar-refractivity contribution in [1.82, 2.24) is 19.6 Å². The third-order valence-electron chi connectivity index (χ3n) is 4.32. The Morgan fingerprint density at radius 1 is 1.28 bits per heavy atom. The van der Waals surface area contributed by atoms with Gasteiger partial charge in [-0.25, -0.2) is 4.98 Å². The number of anilines is 1. The second-order valence-corrected chi connectivity index (χ2v) is 5.29. The van der Waals surface area contributed by atoms with Crippen LogP contribution in [-0.4, -0.2) is 43.9 Å². The van der Waals surface area contributed by atoms with Crippen LogP contribution < -0.4 is 4.90 Å². The number of rotatable bonds is 1. The summed E-state index contributed by atoms with van der Waals surface area (Å²) in [5.74, 6) is 1.89. The lowest BCUT2D eigenvalue weighted by Crippen LogP contribution is -2.25. The normalized spacial score (nSPS) is 31.2. The van der Waals surface area contributed by atoms with E-state index < -0.39 is 0 Å². The van der Waals surface area contributed by atoms with Crippen LogP contribution in [0.2, 0.25) is 0 Å². The fourth-order valence-electron chi connectivity index (χ4n) is 3.38. The van der Waals surface area contributed by atoms with Gasteiger partial charge < -0.3 is 10.0 Å². The van der Waals surface area contributed by atoms with E-state index in [1.807, 2.05) is 10.6 Å². The van der Waals surface area contributed by atoms with Crippen molar-refractivity contribution < 1.29 is 5.11 Å². The second-order valence-electron chi connectivity index (χ2n) is 5.29. The van der Waals surface area contributed by atoms with Crippen molar-refractivity contribution in [2.75, 3.05) is 18.0 Å². The third kappa shape index (κ3) is 1.35. The molecule has 0 bridgehead atoms. The van der Waals surface area contributed by atoms with Gasteiger partial charge in [-0.05, 0) is 18.8 Å². The van der Waals surface area contributed by atoms with Crippen molar-refractivity contribution in [3.8, 4) is 0 Å². The summed E-state index contributed by atoms with van der Waals surface area (Å²) >= 11 is 0. The summed E-state index contributed by atoms with van der Waals surface area (Å²) in [6.07, 6.45) is 7.24. The van der Waals surface area contributed by atoms with Crippen molar-refractivity contribution in [2.24, 2.45) is 11.8 Å². The monoisotopic (exact) mass is 245 g/mol. The summed E-state index contributed by atoms with van der Waals surface area (Å²) in [4.78, 5) is 6.67. The van der Waals surface area contributed by atoms with E-state index in [-0.39, 0.29) is 6.10 Å². The molecule has 6 heteroatoms. The Morgan fingerprint density at radius 3 is 3.11 bits per heavy atom. The molecule has 1 aliphatic heterocycles. The number of aromatic nitrogens is 4. The summed E-state index contributed by atoms with van der Waals surface area (Å²) in [6.45, 7) is 1.85. The smallest absolute Gasteiger partial charge is 0.203 e. The molecule has 0 radical (unpaired) electrons. The van der Waals surface area contributed by atoms with E-state index >= 15 is 0 Å². The minimum Gasteiger partial charge on any atom is -0.393 e. The number of nitrogens with zero attached hydrogens (tertiary/aromatic N) is 5. The van der Waals surface area contributed by atoms with Gasteiger partial charge in [0.2, 0.25) is 5.65 Å². The van der Waals surface area contributed by atoms with E-state index in [9.17, 15) is 5.11 Å². The van der Waals surface area contributed by atoms with Crippen molar-refractivity contribution in [3.05, 3.63) is 18.7 Å². The molecule has 0 aromatic carbocycles. The first-order valence-corrected chi connectivity index (χ1v) is 6.40. The van der Waals surface area contributed by atoms with Gasteiger partial charge in [0.25, 0.3) is 0 Å². The molecule has 1 saturated heterocycles. The minimum absolute atomic E-state index is 0.141. The van der Waals surface area contributed by atoms with Crippen LogP contribution in [0.3, 0.4) is 0 Å². The number of fused-ring (bicyclic) bond motifs is 2. The number of aliphatic hydroxyl groups excluding tert-OH is 1. The number of hydrogen-bond acceptors (Lipinski definition) is 5. The van der Waals surface area contributed by atoms with Crippen LogP contribution in [-0.2, 0) is 0 Å². The first-order valence-electron chi connectivity index (χ1n) is 6.40. The van der Waals surface area contributed by atoms with Gasteiger partial charge in [0.1, 0.15) is 6.33 Å². The molecule has 3 unspecified atom stereocenters. The molecule has 94 valence electrons. The molecule has 18 heavy (non-hydrogen) atoms. The van der Waals surface area contributed by atoms with E-state index in [1.54, 1.807) is 12.5 Å². The summed E-state index contributed by atoms with van der Waals surface area (Å²) in [6, 6.07) is 0. The standard InChI is InChI=1S/C12H15N5O/c18-10-2-1-8-5-17(6-9(8)10)11-12-15-14-7-16(12)4-3-13-11/h3-4,7-10,18H,1-2,5-6H2. The molecule has 1 saturated carbocycles. The van der Waals surface area contributed by atoms with Gasteiger partial charge in [-0.3, -0.25) is 4.40 Å². The first kappa shape index (κ1) is 10.3. The van der Waals surface area contributed by atoms with E-state index in [0.29, 0.717) is 11.8 Å². The van der Waals surface area contributed by atoms with Gasteiger partial charge in [0.15, 0.2) is 5.82 Å². The molecule has 6 nitrogen and oxygen atoms in total. The quantitative estimate of drug-likeness (QED) is 0.784. The zero-order valence-corrected chi connectivity index (χ0v) is 9.98. The Bertz CT molecular complexity index is 583. The molecule has 0 amide bonds. The summed E-state index contributed by atoms with van der Waals surface area (Å²) in [7, 11) is 0. The van der Waals surface area contributed by atoms with Crippen LogP contribution in [0, 0.1) is 11.8 Å². The van der Waals surface area contributed by atoms with Crippen LogP contribution in [0.1, 0.15) is 12.8 Å². The fourth-order valence-corrected chi connectivity index (χ4v) is 3.38. The Kier molecular flexibility index (Phi) is 2.08. The lowest BCUT2D eigenvalue weighted by atomic mass is 10.00. The highest BCUT2D eigenvalue weighted by molar-refractivity contribution is 5.63. The van der Waals surface area contributed by atoms with Gasteiger partial charge in [-0.15, -0.1) is 10.2 Å². The first-order chi connectivity index (χ1) is 8.83. The molecular weight excluding hydrogens is 230 g/mol. The lowest BCUT2D eigenvalue weighted by molar-refractivity contribution is 0.133. The van der Waals surface area contributed by atoms with E-state index in [4.69, 9.17) is 0 Å². The lowest BCUT2D eigenvalue weighted by Gasteiger charge is -2.19. The maximum atomic E-state index is 9.96. The predicted octanol–water partition coefficient (Wildman–Crippen LogP) is 0.331. The van der Waals surface area contributed by atoms with E-state index in [0.717, 1.165) is 37.4 Å². The van der Waals surface area contributed by atoms with Crippen molar-refractivity contribution >= 4 is 11.5 Å². The van der Waals surface area contributed by atoms with Gasteiger partial charge in [0.05, 0.1) is 6.10 Å². The van der Waals surface area contributed by atoms with E-state index in [1.165, 1.54) is 0 Å². The van der Waals surface area contributed by atoms with E-state index in [2.05, 4.69) is 20.1 Å². The Labute approximate surface area is 104 Å². The Morgan fingerprint density at radius 2 is 2.22 bits per heavy atom. The van der Waals surface area contributed by atoms with Crippen LogP contribution >= 0.6 is 0 Å². The highest BCUT2D eigenvalue weighted by atomic mass is 16.3. The molecule has 3 atom stereocenters. The van der Waals surface area contributed by atoms with Crippen LogP contribution in [0.15, 0.2) is 18.7 Å². The highest BCUT2D eigenvalue weighted by Crippen LogP contribution is 2.39. The zero-order chi connectivity index (χ0) is 12.1. The summed E-state index contributed by atoms with van der Waals surface area (Å²) < 4.78 is 1.88. The number of aliphatic hydroxyl groups is 1. The Balaban J connectivity index is 1.70. The molecule has 3 heterocycles. The fraction of sp³-hybridized carbons (Fsp3) is 0.583. The molecule has 4 rings (SSSR count). The van der Waals surface area contributed by atoms with Gasteiger partial charge in [-0.1, -0.05) is 0 Å².